The number of H-pyrrole nitrogens is 1. The van der Waals surface area contributed by atoms with E-state index >= 15 is 0 Å². The molecule has 0 saturated carbocycles. The summed E-state index contributed by atoms with van der Waals surface area (Å²) in [5, 5.41) is 6.13. The van der Waals surface area contributed by atoms with Gasteiger partial charge in [-0.15, -0.1) is 0 Å². The number of ether oxygens (including phenoxy) is 2. The van der Waals surface area contributed by atoms with Crippen LogP contribution in [0, 0.1) is 0 Å². The Labute approximate surface area is 202 Å². The third-order valence-electron chi connectivity index (χ3n) is 6.40. The van der Waals surface area contributed by atoms with E-state index in [2.05, 4.69) is 51.6 Å². The molecule has 5 nitrogen and oxygen atoms in total. The molecule has 0 amide bonds. The molecule has 4 aromatic rings. The van der Waals surface area contributed by atoms with Crippen LogP contribution in [0.3, 0.4) is 0 Å². The van der Waals surface area contributed by atoms with E-state index in [-0.39, 0.29) is 12.8 Å². The molecule has 1 atom stereocenters. The second kappa shape index (κ2) is 8.28. The van der Waals surface area contributed by atoms with E-state index < -0.39 is 0 Å². The lowest BCUT2D eigenvalue weighted by Gasteiger charge is -2.38. The summed E-state index contributed by atoms with van der Waals surface area (Å²) in [7, 11) is 0. The van der Waals surface area contributed by atoms with Crippen molar-refractivity contribution in [2.24, 2.45) is 0 Å². The second-order valence-electron chi connectivity index (χ2n) is 8.27. The largest absolute Gasteiger partial charge is 0.454 e. The monoisotopic (exact) mass is 475 g/mol. The van der Waals surface area contributed by atoms with Gasteiger partial charge in [0.05, 0.1) is 6.04 Å². The Kier molecular flexibility index (Phi) is 5.12. The number of fused-ring (bicyclic) bond motifs is 4. The smallest absolute Gasteiger partial charge is 0.231 e. The summed E-state index contributed by atoms with van der Waals surface area (Å²) >= 11 is 12.3. The summed E-state index contributed by atoms with van der Waals surface area (Å²) in [6.45, 7) is 1.63. The summed E-state index contributed by atoms with van der Waals surface area (Å²) in [4.78, 5) is 5.93. The molecule has 33 heavy (non-hydrogen) atoms. The van der Waals surface area contributed by atoms with Crippen LogP contribution in [0.1, 0.15) is 28.4 Å². The highest BCUT2D eigenvalue weighted by Gasteiger charge is 2.34. The van der Waals surface area contributed by atoms with Crippen LogP contribution in [-0.4, -0.2) is 28.3 Å². The second-order valence-corrected chi connectivity index (χ2v) is 9.07. The molecule has 0 radical (unpaired) electrons. The van der Waals surface area contributed by atoms with E-state index in [0.29, 0.717) is 11.7 Å². The van der Waals surface area contributed by atoms with Gasteiger partial charge in [-0.2, -0.15) is 0 Å². The van der Waals surface area contributed by atoms with Crippen molar-refractivity contribution < 1.29 is 9.47 Å². The molecule has 7 heteroatoms. The molecule has 1 aromatic heterocycles. The molecule has 2 aliphatic heterocycles. The lowest BCUT2D eigenvalue weighted by Crippen LogP contribution is -2.45. The SMILES string of the molecule is S=C(NCc1ccccc1Cl)N1CCc2c([nH]c3ccccc23)[C@H]1c1ccc2c(c1)OCO2. The molecular formula is C26H22ClN3O2S. The summed E-state index contributed by atoms with van der Waals surface area (Å²) in [6.07, 6.45) is 0.911. The van der Waals surface area contributed by atoms with Gasteiger partial charge in [-0.3, -0.25) is 0 Å². The molecule has 3 aromatic carbocycles. The van der Waals surface area contributed by atoms with Crippen molar-refractivity contribution in [1.82, 2.24) is 15.2 Å². The highest BCUT2D eigenvalue weighted by molar-refractivity contribution is 7.80. The number of hydrogen-bond donors (Lipinski definition) is 2. The molecular weight excluding hydrogens is 454 g/mol. The molecule has 0 bridgehead atoms. The van der Waals surface area contributed by atoms with Gasteiger partial charge in [0.15, 0.2) is 16.6 Å². The Bertz CT molecular complexity index is 1370. The van der Waals surface area contributed by atoms with Crippen LogP contribution in [0.4, 0.5) is 0 Å². The molecule has 0 aliphatic carbocycles. The van der Waals surface area contributed by atoms with Crippen LogP contribution >= 0.6 is 23.8 Å². The van der Waals surface area contributed by atoms with E-state index in [1.165, 1.54) is 16.6 Å². The van der Waals surface area contributed by atoms with Crippen LogP contribution in [0.25, 0.3) is 10.9 Å². The quantitative estimate of drug-likeness (QED) is 0.379. The minimum absolute atomic E-state index is 0.0677. The van der Waals surface area contributed by atoms with E-state index in [4.69, 9.17) is 33.3 Å². The van der Waals surface area contributed by atoms with Crippen molar-refractivity contribution in [2.75, 3.05) is 13.3 Å². The van der Waals surface area contributed by atoms with E-state index in [1.54, 1.807) is 0 Å². The van der Waals surface area contributed by atoms with Gasteiger partial charge >= 0.3 is 0 Å². The van der Waals surface area contributed by atoms with Crippen LogP contribution in [0.2, 0.25) is 5.02 Å². The topological polar surface area (TPSA) is 49.5 Å². The Hall–Kier alpha value is -3.22. The van der Waals surface area contributed by atoms with Crippen molar-refractivity contribution in [3.05, 3.63) is 94.1 Å². The van der Waals surface area contributed by atoms with Crippen LogP contribution in [0.15, 0.2) is 66.7 Å². The van der Waals surface area contributed by atoms with Gasteiger partial charge in [0, 0.05) is 34.7 Å². The molecule has 2 aliphatic rings. The normalized spacial score (nSPS) is 16.6. The van der Waals surface area contributed by atoms with E-state index in [1.807, 2.05) is 30.3 Å². The molecule has 3 heterocycles. The molecule has 0 spiro atoms. The predicted octanol–water partition coefficient (Wildman–Crippen LogP) is 5.57. The van der Waals surface area contributed by atoms with Crippen LogP contribution in [0.5, 0.6) is 11.5 Å². The first-order valence-corrected chi connectivity index (χ1v) is 11.7. The summed E-state index contributed by atoms with van der Waals surface area (Å²) in [5.74, 6) is 1.54. The third-order valence-corrected chi connectivity index (χ3v) is 7.14. The van der Waals surface area contributed by atoms with Gasteiger partial charge in [-0.1, -0.05) is 54.1 Å². The maximum absolute atomic E-state index is 6.36. The van der Waals surface area contributed by atoms with E-state index in [9.17, 15) is 0 Å². The number of hydrogen-bond acceptors (Lipinski definition) is 3. The molecule has 0 fully saturated rings. The number of nitrogens with one attached hydrogen (secondary N) is 2. The van der Waals surface area contributed by atoms with Crippen molar-refractivity contribution in [3.63, 3.8) is 0 Å². The van der Waals surface area contributed by atoms with Crippen molar-refractivity contribution in [3.8, 4) is 11.5 Å². The maximum Gasteiger partial charge on any atom is 0.231 e. The predicted molar refractivity (Wildman–Crippen MR) is 134 cm³/mol. The number of benzene rings is 3. The number of halogens is 1. The van der Waals surface area contributed by atoms with Crippen LogP contribution < -0.4 is 14.8 Å². The van der Waals surface area contributed by atoms with Gasteiger partial charge < -0.3 is 24.7 Å². The highest BCUT2D eigenvalue weighted by Crippen LogP contribution is 2.42. The fourth-order valence-electron chi connectivity index (χ4n) is 4.80. The van der Waals surface area contributed by atoms with E-state index in [0.717, 1.165) is 46.1 Å². The molecule has 0 saturated heterocycles. The van der Waals surface area contributed by atoms with Crippen molar-refractivity contribution in [1.29, 1.82) is 0 Å². The fraction of sp³-hybridized carbons (Fsp3) is 0.192. The lowest BCUT2D eigenvalue weighted by molar-refractivity contribution is 0.174. The van der Waals surface area contributed by atoms with Gasteiger partial charge in [-0.05, 0) is 59.6 Å². The molecule has 6 rings (SSSR count). The molecule has 166 valence electrons. The summed E-state index contributed by atoms with van der Waals surface area (Å²) < 4.78 is 11.2. The summed E-state index contributed by atoms with van der Waals surface area (Å²) in [6, 6.07) is 22.4. The molecule has 2 N–H and O–H groups in total. The lowest BCUT2D eigenvalue weighted by atomic mass is 9.92. The highest BCUT2D eigenvalue weighted by atomic mass is 35.5. The first-order valence-electron chi connectivity index (χ1n) is 11.0. The number of aromatic nitrogens is 1. The fourth-order valence-corrected chi connectivity index (χ4v) is 5.27. The minimum atomic E-state index is -0.0677. The van der Waals surface area contributed by atoms with Crippen molar-refractivity contribution in [2.45, 2.75) is 19.0 Å². The zero-order chi connectivity index (χ0) is 22.4. The third kappa shape index (κ3) is 3.59. The first-order chi connectivity index (χ1) is 16.2. The summed E-state index contributed by atoms with van der Waals surface area (Å²) in [5.41, 5.74) is 5.78. The standard InChI is InChI=1S/C26H22ClN3O2S/c27-20-7-3-1-5-17(20)14-28-26(33)30-12-11-19-18-6-2-4-8-21(18)29-24(19)25(30)16-9-10-22-23(13-16)32-15-31-22/h1-10,13,25,29H,11-12,14-15H2,(H,28,33)/t25-/m1/s1. The molecule has 0 unspecified atom stereocenters. The van der Waals surface area contributed by atoms with Gasteiger partial charge in [0.1, 0.15) is 0 Å². The zero-order valence-electron chi connectivity index (χ0n) is 17.8. The Balaban J connectivity index is 1.38. The van der Waals surface area contributed by atoms with Gasteiger partial charge in [0.2, 0.25) is 6.79 Å². The maximum atomic E-state index is 6.36. The number of para-hydroxylation sites is 1. The minimum Gasteiger partial charge on any atom is -0.454 e. The van der Waals surface area contributed by atoms with Gasteiger partial charge in [-0.25, -0.2) is 0 Å². The first kappa shape index (κ1) is 20.4. The number of rotatable bonds is 3. The van der Waals surface area contributed by atoms with Crippen molar-refractivity contribution >= 4 is 39.8 Å². The zero-order valence-corrected chi connectivity index (χ0v) is 19.4. The Morgan fingerprint density at radius 2 is 1.88 bits per heavy atom. The average Bonchev–Trinajstić information content (AvgIpc) is 3.46. The number of aromatic amines is 1. The number of thiocarbonyl (C=S) groups is 1. The Morgan fingerprint density at radius 3 is 2.79 bits per heavy atom. The van der Waals surface area contributed by atoms with Crippen LogP contribution in [-0.2, 0) is 13.0 Å². The Morgan fingerprint density at radius 1 is 1.06 bits per heavy atom. The average molecular weight is 476 g/mol. The number of nitrogens with zero attached hydrogens (tertiary/aromatic N) is 1. The van der Waals surface area contributed by atoms with Gasteiger partial charge in [0.25, 0.3) is 0 Å².